The molecule has 3 rings (SSSR count). The number of anilines is 2. The van der Waals surface area contributed by atoms with E-state index in [4.69, 9.17) is 4.74 Å². The molecule has 1 aliphatic rings. The van der Waals surface area contributed by atoms with E-state index >= 15 is 0 Å². The molecule has 0 atom stereocenters. The van der Waals surface area contributed by atoms with Gasteiger partial charge in [-0.2, -0.15) is 0 Å². The maximum Gasteiger partial charge on any atom is 0.253 e. The van der Waals surface area contributed by atoms with E-state index in [-0.39, 0.29) is 17.9 Å². The summed E-state index contributed by atoms with van der Waals surface area (Å²) in [6, 6.07) is 2.49. The molecule has 0 spiro atoms. The first-order chi connectivity index (χ1) is 14.9. The van der Waals surface area contributed by atoms with E-state index in [0.717, 1.165) is 18.7 Å². The molecule has 1 amide bonds. The number of carbonyl (C=O) groups excluding carboxylic acids is 1. The van der Waals surface area contributed by atoms with Crippen molar-refractivity contribution >= 4 is 17.4 Å². The van der Waals surface area contributed by atoms with Crippen LogP contribution in [0.2, 0.25) is 0 Å². The van der Waals surface area contributed by atoms with Gasteiger partial charge in [0.25, 0.3) is 5.91 Å². The Morgan fingerprint density at radius 3 is 2.45 bits per heavy atom. The lowest BCUT2D eigenvalue weighted by molar-refractivity contribution is 0.0383. The van der Waals surface area contributed by atoms with Crippen LogP contribution < -0.4 is 10.6 Å². The lowest BCUT2D eigenvalue weighted by atomic mass is 10.1. The average Bonchev–Trinajstić information content (AvgIpc) is 2.77. The van der Waals surface area contributed by atoms with E-state index < -0.39 is 29.0 Å². The highest BCUT2D eigenvalue weighted by molar-refractivity contribution is 6.00. The molecular formula is C22H29F3N4O2. The van der Waals surface area contributed by atoms with Crippen LogP contribution in [0.4, 0.5) is 24.7 Å². The normalized spacial score (nSPS) is 13.9. The van der Waals surface area contributed by atoms with Gasteiger partial charge in [0.05, 0.1) is 24.5 Å². The molecule has 0 unspecified atom stereocenters. The number of benzene rings is 1. The van der Waals surface area contributed by atoms with E-state index in [1.165, 1.54) is 0 Å². The third kappa shape index (κ3) is 6.41. The van der Waals surface area contributed by atoms with Gasteiger partial charge in [0.2, 0.25) is 0 Å². The van der Waals surface area contributed by atoms with Crippen LogP contribution in [0, 0.1) is 31.3 Å². The molecule has 0 aliphatic carbocycles. The molecule has 0 radical (unpaired) electrons. The van der Waals surface area contributed by atoms with Crippen LogP contribution in [0.5, 0.6) is 0 Å². The predicted octanol–water partition coefficient (Wildman–Crippen LogP) is 3.95. The van der Waals surface area contributed by atoms with E-state index in [1.807, 2.05) is 20.8 Å². The van der Waals surface area contributed by atoms with E-state index in [2.05, 4.69) is 20.5 Å². The Labute approximate surface area is 180 Å². The fraction of sp³-hybridized carbons (Fsp3) is 0.455. The van der Waals surface area contributed by atoms with Gasteiger partial charge in [0, 0.05) is 32.4 Å². The van der Waals surface area contributed by atoms with Crippen LogP contribution in [-0.4, -0.2) is 55.2 Å². The zero-order valence-corrected chi connectivity index (χ0v) is 18.3. The van der Waals surface area contributed by atoms with Crippen LogP contribution >= 0.6 is 0 Å². The van der Waals surface area contributed by atoms with E-state index in [0.29, 0.717) is 31.4 Å². The van der Waals surface area contributed by atoms with Gasteiger partial charge >= 0.3 is 0 Å². The molecule has 2 N–H and O–H groups in total. The van der Waals surface area contributed by atoms with Crippen molar-refractivity contribution < 1.29 is 22.7 Å². The van der Waals surface area contributed by atoms with Crippen molar-refractivity contribution in [2.75, 3.05) is 44.7 Å². The van der Waals surface area contributed by atoms with Crippen molar-refractivity contribution in [3.63, 3.8) is 0 Å². The number of aryl methyl sites for hydroxylation is 2. The Morgan fingerprint density at radius 1 is 1.13 bits per heavy atom. The minimum atomic E-state index is -1.65. The summed E-state index contributed by atoms with van der Waals surface area (Å²) in [7, 11) is 0. The predicted molar refractivity (Wildman–Crippen MR) is 114 cm³/mol. The summed E-state index contributed by atoms with van der Waals surface area (Å²) < 4.78 is 47.4. The average molecular weight is 438 g/mol. The Balaban J connectivity index is 0.00000166. The molecule has 2 aromatic rings. The second kappa shape index (κ2) is 11.7. The first-order valence-corrected chi connectivity index (χ1v) is 10.3. The zero-order valence-electron chi connectivity index (χ0n) is 18.3. The molecule has 31 heavy (non-hydrogen) atoms. The summed E-state index contributed by atoms with van der Waals surface area (Å²) in [5.41, 5.74) is 0.782. The number of halogens is 3. The molecule has 1 saturated heterocycles. The van der Waals surface area contributed by atoms with Gasteiger partial charge in [0.1, 0.15) is 5.82 Å². The topological polar surface area (TPSA) is 66.5 Å². The first-order valence-electron chi connectivity index (χ1n) is 10.3. The smallest absolute Gasteiger partial charge is 0.253 e. The second-order valence-corrected chi connectivity index (χ2v) is 6.92. The van der Waals surface area contributed by atoms with Crippen LogP contribution in [-0.2, 0) is 4.74 Å². The maximum absolute atomic E-state index is 14.5. The van der Waals surface area contributed by atoms with Crippen molar-refractivity contribution in [2.45, 2.75) is 27.7 Å². The third-order valence-electron chi connectivity index (χ3n) is 4.68. The van der Waals surface area contributed by atoms with Crippen molar-refractivity contribution in [3.05, 3.63) is 52.5 Å². The van der Waals surface area contributed by atoms with Crippen LogP contribution in [0.15, 0.2) is 18.3 Å². The highest BCUT2D eigenvalue weighted by Crippen LogP contribution is 2.29. The number of amides is 1. The Kier molecular flexibility index (Phi) is 9.26. The Hall–Kier alpha value is -2.65. The van der Waals surface area contributed by atoms with Crippen LogP contribution in [0.3, 0.4) is 0 Å². The molecule has 1 aromatic heterocycles. The minimum Gasteiger partial charge on any atom is -0.379 e. The van der Waals surface area contributed by atoms with Crippen molar-refractivity contribution in [1.82, 2.24) is 15.2 Å². The van der Waals surface area contributed by atoms with Gasteiger partial charge in [-0.25, -0.2) is 18.2 Å². The summed E-state index contributed by atoms with van der Waals surface area (Å²) in [5, 5.41) is 5.28. The molecule has 1 fully saturated rings. The zero-order chi connectivity index (χ0) is 23.0. The number of ether oxygens (including phenoxy) is 1. The molecule has 170 valence electrons. The molecule has 2 heterocycles. The highest BCUT2D eigenvalue weighted by atomic mass is 19.2. The van der Waals surface area contributed by atoms with E-state index in [9.17, 15) is 18.0 Å². The van der Waals surface area contributed by atoms with Crippen molar-refractivity contribution in [2.24, 2.45) is 0 Å². The Morgan fingerprint density at radius 2 is 1.81 bits per heavy atom. The quantitative estimate of drug-likeness (QED) is 0.669. The number of hydrogen-bond donors (Lipinski definition) is 2. The fourth-order valence-corrected chi connectivity index (χ4v) is 3.11. The number of nitrogens with one attached hydrogen (secondary N) is 2. The molecular weight excluding hydrogens is 409 g/mol. The summed E-state index contributed by atoms with van der Waals surface area (Å²) in [6.45, 7) is 11.2. The van der Waals surface area contributed by atoms with Gasteiger partial charge in [-0.1, -0.05) is 19.9 Å². The highest BCUT2D eigenvalue weighted by Gasteiger charge is 2.24. The number of aromatic nitrogens is 1. The standard InChI is InChI=1S/C20H23F3N4O2.C2H6/c1-12-9-13(2)19(25-11-12)26-18-14(10-15(21)16(22)17(18)23)20(28)24-3-4-27-5-7-29-8-6-27;1-2/h9-11H,3-8H2,1-2H3,(H,24,28)(H,25,26);1-2H3. The molecule has 6 nitrogen and oxygen atoms in total. The van der Waals surface area contributed by atoms with Crippen molar-refractivity contribution in [3.8, 4) is 0 Å². The molecule has 0 bridgehead atoms. The van der Waals surface area contributed by atoms with Gasteiger partial charge in [-0.15, -0.1) is 0 Å². The van der Waals surface area contributed by atoms with Crippen molar-refractivity contribution in [1.29, 1.82) is 0 Å². The molecule has 0 saturated carbocycles. The summed E-state index contributed by atoms with van der Waals surface area (Å²) in [5.74, 6) is -5.00. The Bertz CT molecular complexity index is 903. The SMILES string of the molecule is CC.Cc1cnc(Nc2c(C(=O)NCCN3CCOCC3)cc(F)c(F)c2F)c(C)c1. The molecule has 1 aliphatic heterocycles. The summed E-state index contributed by atoms with van der Waals surface area (Å²) >= 11 is 0. The molecule has 9 heteroatoms. The number of morpholine rings is 1. The monoisotopic (exact) mass is 438 g/mol. The summed E-state index contributed by atoms with van der Waals surface area (Å²) in [4.78, 5) is 18.8. The van der Waals surface area contributed by atoms with Gasteiger partial charge in [-0.3, -0.25) is 9.69 Å². The largest absolute Gasteiger partial charge is 0.379 e. The first kappa shape index (κ1) is 24.6. The van der Waals surface area contributed by atoms with Crippen LogP contribution in [0.25, 0.3) is 0 Å². The fourth-order valence-electron chi connectivity index (χ4n) is 3.11. The second-order valence-electron chi connectivity index (χ2n) is 6.92. The lowest BCUT2D eigenvalue weighted by Crippen LogP contribution is -2.41. The van der Waals surface area contributed by atoms with E-state index in [1.54, 1.807) is 19.2 Å². The van der Waals surface area contributed by atoms with Gasteiger partial charge < -0.3 is 15.4 Å². The number of rotatable bonds is 6. The maximum atomic E-state index is 14.5. The minimum absolute atomic E-state index is 0.253. The van der Waals surface area contributed by atoms with Gasteiger partial charge in [0.15, 0.2) is 17.5 Å². The number of nitrogens with zero attached hydrogens (tertiary/aromatic N) is 2. The molecule has 1 aromatic carbocycles. The van der Waals surface area contributed by atoms with Gasteiger partial charge in [-0.05, 0) is 31.0 Å². The lowest BCUT2D eigenvalue weighted by Gasteiger charge is -2.26. The number of carbonyl (C=O) groups is 1. The number of hydrogen-bond acceptors (Lipinski definition) is 5. The summed E-state index contributed by atoms with van der Waals surface area (Å²) in [6.07, 6.45) is 1.55. The third-order valence-corrected chi connectivity index (χ3v) is 4.68. The van der Waals surface area contributed by atoms with Crippen LogP contribution in [0.1, 0.15) is 35.3 Å². The number of pyridine rings is 1.